The Kier molecular flexibility index (Phi) is 7.18. The third-order valence-corrected chi connectivity index (χ3v) is 4.43. The van der Waals surface area contributed by atoms with Crippen molar-refractivity contribution < 1.29 is 23.7 Å². The van der Waals surface area contributed by atoms with Gasteiger partial charge in [0.25, 0.3) is 0 Å². The Hall–Kier alpha value is -2.86. The molecule has 0 amide bonds. The number of benzene rings is 2. The molecule has 2 rings (SSSR count). The van der Waals surface area contributed by atoms with E-state index in [4.69, 9.17) is 30.5 Å². The van der Waals surface area contributed by atoms with Crippen LogP contribution in [-0.4, -0.2) is 48.3 Å². The standard InChI is InChI=1S/C21H24ClNO5/c1-23(2)16-10-13(7-8-17(16)25-3)9-15(22)21(24)14-11-19(27-5)20(28-6)12-18(14)26-4/h7-12H,1-6H3. The zero-order chi connectivity index (χ0) is 20.8. The summed E-state index contributed by atoms with van der Waals surface area (Å²) in [5.41, 5.74) is 1.92. The van der Waals surface area contributed by atoms with Crippen molar-refractivity contribution >= 4 is 29.1 Å². The van der Waals surface area contributed by atoms with Gasteiger partial charge >= 0.3 is 0 Å². The van der Waals surface area contributed by atoms with Crippen LogP contribution in [-0.2, 0) is 0 Å². The number of Topliss-reactive ketones (excluding diaryl/α,β-unsaturated/α-hetero) is 1. The van der Waals surface area contributed by atoms with Gasteiger partial charge in [-0.25, -0.2) is 0 Å². The maximum absolute atomic E-state index is 12.9. The quantitative estimate of drug-likeness (QED) is 0.483. The minimum Gasteiger partial charge on any atom is -0.496 e. The highest BCUT2D eigenvalue weighted by Gasteiger charge is 2.20. The van der Waals surface area contributed by atoms with Crippen molar-refractivity contribution in [2.45, 2.75) is 0 Å². The van der Waals surface area contributed by atoms with Gasteiger partial charge in [-0.05, 0) is 29.8 Å². The van der Waals surface area contributed by atoms with Crippen LogP contribution in [0.5, 0.6) is 23.0 Å². The van der Waals surface area contributed by atoms with Crippen molar-refractivity contribution in [2.75, 3.05) is 47.4 Å². The molecular formula is C21H24ClNO5. The van der Waals surface area contributed by atoms with Crippen molar-refractivity contribution in [1.29, 1.82) is 0 Å². The summed E-state index contributed by atoms with van der Waals surface area (Å²) in [7, 11) is 9.91. The first-order valence-electron chi connectivity index (χ1n) is 8.43. The van der Waals surface area contributed by atoms with E-state index in [1.165, 1.54) is 21.3 Å². The van der Waals surface area contributed by atoms with E-state index >= 15 is 0 Å². The van der Waals surface area contributed by atoms with Crippen molar-refractivity contribution in [3.05, 3.63) is 46.5 Å². The SMILES string of the molecule is COc1cc(OC)c(C(=O)C(Cl)=Cc2ccc(OC)c(N(C)C)c2)cc1OC. The molecule has 6 nitrogen and oxygen atoms in total. The Bertz CT molecular complexity index is 893. The fraction of sp³-hybridized carbons (Fsp3) is 0.286. The second-order valence-electron chi connectivity index (χ2n) is 6.05. The lowest BCUT2D eigenvalue weighted by atomic mass is 10.1. The van der Waals surface area contributed by atoms with Gasteiger partial charge < -0.3 is 23.8 Å². The molecule has 0 bridgehead atoms. The van der Waals surface area contributed by atoms with Crippen LogP contribution in [0.3, 0.4) is 0 Å². The summed E-state index contributed by atoms with van der Waals surface area (Å²) >= 11 is 6.34. The van der Waals surface area contributed by atoms with Crippen LogP contribution in [0.1, 0.15) is 15.9 Å². The number of allylic oxidation sites excluding steroid dienone is 1. The van der Waals surface area contributed by atoms with Crippen molar-refractivity contribution in [3.8, 4) is 23.0 Å². The normalized spacial score (nSPS) is 11.0. The van der Waals surface area contributed by atoms with Crippen LogP contribution in [0.15, 0.2) is 35.4 Å². The molecule has 2 aromatic rings. The number of nitrogens with zero attached hydrogens (tertiary/aromatic N) is 1. The maximum Gasteiger partial charge on any atom is 0.208 e. The largest absolute Gasteiger partial charge is 0.496 e. The lowest BCUT2D eigenvalue weighted by Crippen LogP contribution is -2.10. The fourth-order valence-electron chi connectivity index (χ4n) is 2.69. The summed E-state index contributed by atoms with van der Waals surface area (Å²) in [6.07, 6.45) is 1.60. The van der Waals surface area contributed by atoms with Crippen LogP contribution in [0.4, 0.5) is 5.69 Å². The van der Waals surface area contributed by atoms with Gasteiger partial charge in [0.15, 0.2) is 11.5 Å². The first kappa shape index (κ1) is 21.4. The monoisotopic (exact) mass is 405 g/mol. The predicted octanol–water partition coefficient (Wildman–Crippen LogP) is 4.25. The second kappa shape index (κ2) is 9.37. The van der Waals surface area contributed by atoms with E-state index in [1.807, 2.05) is 37.2 Å². The molecule has 28 heavy (non-hydrogen) atoms. The molecule has 0 saturated heterocycles. The average Bonchev–Trinajstić information content (AvgIpc) is 2.71. The molecule has 0 aromatic heterocycles. The summed E-state index contributed by atoms with van der Waals surface area (Å²) in [4.78, 5) is 14.8. The Labute approximate surface area is 170 Å². The topological polar surface area (TPSA) is 57.2 Å². The van der Waals surface area contributed by atoms with Crippen molar-refractivity contribution in [2.24, 2.45) is 0 Å². The molecule has 0 spiro atoms. The highest BCUT2D eigenvalue weighted by molar-refractivity contribution is 6.47. The second-order valence-corrected chi connectivity index (χ2v) is 6.46. The molecule has 0 atom stereocenters. The number of rotatable bonds is 8. The van der Waals surface area contributed by atoms with Crippen LogP contribution in [0, 0.1) is 0 Å². The first-order valence-corrected chi connectivity index (χ1v) is 8.81. The molecule has 0 radical (unpaired) electrons. The van der Waals surface area contributed by atoms with Crippen LogP contribution in [0.25, 0.3) is 6.08 Å². The summed E-state index contributed by atoms with van der Waals surface area (Å²) in [6, 6.07) is 8.68. The molecule has 0 unspecified atom stereocenters. The number of ether oxygens (including phenoxy) is 4. The van der Waals surface area contributed by atoms with Crippen LogP contribution in [0.2, 0.25) is 0 Å². The van der Waals surface area contributed by atoms with Gasteiger partial charge in [-0.3, -0.25) is 4.79 Å². The summed E-state index contributed by atoms with van der Waals surface area (Å²) in [5, 5.41) is 0.0420. The van der Waals surface area contributed by atoms with Gasteiger partial charge in [-0.1, -0.05) is 17.7 Å². The highest BCUT2D eigenvalue weighted by atomic mass is 35.5. The average molecular weight is 406 g/mol. The third kappa shape index (κ3) is 4.51. The van der Waals surface area contributed by atoms with E-state index in [-0.39, 0.29) is 16.4 Å². The number of hydrogen-bond donors (Lipinski definition) is 0. The Balaban J connectivity index is 2.45. The van der Waals surface area contributed by atoms with Gasteiger partial charge in [-0.2, -0.15) is 0 Å². The van der Waals surface area contributed by atoms with E-state index in [0.29, 0.717) is 17.2 Å². The minimum atomic E-state index is -0.387. The molecule has 150 valence electrons. The Morgan fingerprint density at radius 3 is 1.96 bits per heavy atom. The molecule has 0 aliphatic rings. The van der Waals surface area contributed by atoms with Gasteiger partial charge in [0.05, 0.1) is 44.7 Å². The number of ketones is 1. The van der Waals surface area contributed by atoms with Gasteiger partial charge in [0.2, 0.25) is 5.78 Å². The molecule has 2 aromatic carbocycles. The summed E-state index contributed by atoms with van der Waals surface area (Å²) in [6.45, 7) is 0. The lowest BCUT2D eigenvalue weighted by molar-refractivity contribution is 0.103. The minimum absolute atomic E-state index is 0.0420. The summed E-state index contributed by atoms with van der Waals surface area (Å²) < 4.78 is 21.2. The highest BCUT2D eigenvalue weighted by Crippen LogP contribution is 2.36. The number of halogens is 1. The van der Waals surface area contributed by atoms with Crippen LogP contribution < -0.4 is 23.8 Å². The smallest absolute Gasteiger partial charge is 0.208 e. The Morgan fingerprint density at radius 2 is 1.43 bits per heavy atom. The third-order valence-electron chi connectivity index (χ3n) is 4.15. The van der Waals surface area contributed by atoms with E-state index in [0.717, 1.165) is 17.0 Å². The molecule has 0 aliphatic heterocycles. The fourth-order valence-corrected chi connectivity index (χ4v) is 2.92. The lowest BCUT2D eigenvalue weighted by Gasteiger charge is -2.17. The number of methoxy groups -OCH3 is 4. The zero-order valence-corrected chi connectivity index (χ0v) is 17.6. The van der Waals surface area contributed by atoms with E-state index < -0.39 is 0 Å². The molecule has 0 fully saturated rings. The molecule has 0 aliphatic carbocycles. The van der Waals surface area contributed by atoms with Gasteiger partial charge in [-0.15, -0.1) is 0 Å². The molecule has 0 N–H and O–H groups in total. The molecule has 0 heterocycles. The molecule has 7 heteroatoms. The van der Waals surface area contributed by atoms with Gasteiger partial charge in [0, 0.05) is 20.2 Å². The number of carbonyl (C=O) groups excluding carboxylic acids is 1. The predicted molar refractivity (Wildman–Crippen MR) is 112 cm³/mol. The number of carbonyl (C=O) groups is 1. The molecular weight excluding hydrogens is 382 g/mol. The maximum atomic E-state index is 12.9. The van der Waals surface area contributed by atoms with Gasteiger partial charge in [0.1, 0.15) is 11.5 Å². The van der Waals surface area contributed by atoms with Crippen LogP contribution >= 0.6 is 11.6 Å². The molecule has 0 saturated carbocycles. The first-order chi connectivity index (χ1) is 13.4. The number of hydrogen-bond acceptors (Lipinski definition) is 6. The summed E-state index contributed by atoms with van der Waals surface area (Å²) in [5.74, 6) is 1.56. The number of anilines is 1. The van der Waals surface area contributed by atoms with E-state index in [9.17, 15) is 4.79 Å². The van der Waals surface area contributed by atoms with Crippen molar-refractivity contribution in [1.82, 2.24) is 0 Å². The van der Waals surface area contributed by atoms with E-state index in [2.05, 4.69) is 0 Å². The van der Waals surface area contributed by atoms with Crippen molar-refractivity contribution in [3.63, 3.8) is 0 Å². The zero-order valence-electron chi connectivity index (χ0n) is 16.8. The van der Waals surface area contributed by atoms with E-state index in [1.54, 1.807) is 25.3 Å². The Morgan fingerprint density at radius 1 is 0.857 bits per heavy atom.